The summed E-state index contributed by atoms with van der Waals surface area (Å²) in [5, 5.41) is 8.81. The second-order valence-electron chi connectivity index (χ2n) is 5.33. The van der Waals surface area contributed by atoms with Crippen LogP contribution in [0.15, 0.2) is 59.5 Å². The van der Waals surface area contributed by atoms with Crippen molar-refractivity contribution in [2.24, 2.45) is 0 Å². The molecule has 0 fully saturated rings. The third kappa shape index (κ3) is 2.88. The fraction of sp³-hybridized carbons (Fsp3) is 0.111. The Morgan fingerprint density at radius 3 is 2.50 bits per heavy atom. The molecule has 0 N–H and O–H groups in total. The lowest BCUT2D eigenvalue weighted by atomic mass is 10.1. The van der Waals surface area contributed by atoms with Crippen LogP contribution in [-0.4, -0.2) is 4.57 Å². The third-order valence-corrected chi connectivity index (χ3v) is 3.73. The first-order chi connectivity index (χ1) is 11.4. The smallest absolute Gasteiger partial charge is 0.311 e. The van der Waals surface area contributed by atoms with E-state index in [0.29, 0.717) is 5.56 Å². The number of hydrogen-bond donors (Lipinski definition) is 0. The molecule has 0 amide bonds. The van der Waals surface area contributed by atoms with Crippen molar-refractivity contribution in [3.63, 3.8) is 0 Å². The van der Waals surface area contributed by atoms with Crippen LogP contribution < -0.4 is 5.56 Å². The molecule has 0 radical (unpaired) electrons. The highest BCUT2D eigenvalue weighted by Gasteiger charge is 2.32. The van der Waals surface area contributed by atoms with Crippen molar-refractivity contribution in [3.05, 3.63) is 81.8 Å². The summed E-state index contributed by atoms with van der Waals surface area (Å²) in [6.07, 6.45) is -3.17. The Morgan fingerprint density at radius 1 is 1.04 bits per heavy atom. The molecule has 0 unspecified atom stereocenters. The van der Waals surface area contributed by atoms with Gasteiger partial charge in [-0.15, -0.1) is 0 Å². The van der Waals surface area contributed by atoms with Crippen LogP contribution in [0.3, 0.4) is 0 Å². The summed E-state index contributed by atoms with van der Waals surface area (Å²) in [6.45, 7) is 0.181. The molecule has 24 heavy (non-hydrogen) atoms. The quantitative estimate of drug-likeness (QED) is 0.715. The van der Waals surface area contributed by atoms with E-state index in [-0.39, 0.29) is 17.3 Å². The third-order valence-electron chi connectivity index (χ3n) is 3.73. The SMILES string of the molecule is N#Cc1cccc(Cn2ccc3c(C(F)(F)F)cccc3c2=O)c1. The van der Waals surface area contributed by atoms with Crippen molar-refractivity contribution in [1.82, 2.24) is 4.57 Å². The van der Waals surface area contributed by atoms with Crippen LogP contribution >= 0.6 is 0 Å². The number of nitriles is 1. The van der Waals surface area contributed by atoms with E-state index < -0.39 is 17.3 Å². The van der Waals surface area contributed by atoms with Crippen molar-refractivity contribution < 1.29 is 13.2 Å². The van der Waals surface area contributed by atoms with Gasteiger partial charge < -0.3 is 4.57 Å². The molecule has 120 valence electrons. The summed E-state index contributed by atoms with van der Waals surface area (Å²) in [5.41, 5.74) is -0.139. The zero-order valence-electron chi connectivity index (χ0n) is 12.3. The standard InChI is InChI=1S/C18H11F3N2O/c19-18(20,21)16-6-2-5-15-14(16)7-8-23(17(15)24)11-13-4-1-3-12(9-13)10-22/h1-9H,11H2. The Labute approximate surface area is 135 Å². The molecule has 0 atom stereocenters. The zero-order chi connectivity index (χ0) is 17.3. The Bertz CT molecular complexity index is 1010. The summed E-state index contributed by atoms with van der Waals surface area (Å²) in [5.74, 6) is 0. The highest BCUT2D eigenvalue weighted by atomic mass is 19.4. The topological polar surface area (TPSA) is 45.8 Å². The Hall–Kier alpha value is -3.07. The molecule has 0 saturated heterocycles. The summed E-state index contributed by atoms with van der Waals surface area (Å²) in [4.78, 5) is 12.5. The van der Waals surface area contributed by atoms with Gasteiger partial charge in [0.1, 0.15) is 0 Å². The predicted octanol–water partition coefficient (Wildman–Crippen LogP) is 3.94. The lowest BCUT2D eigenvalue weighted by Crippen LogP contribution is -2.21. The highest BCUT2D eigenvalue weighted by molar-refractivity contribution is 5.85. The van der Waals surface area contributed by atoms with Gasteiger partial charge in [-0.25, -0.2) is 0 Å². The molecular weight excluding hydrogens is 317 g/mol. The fourth-order valence-corrected chi connectivity index (χ4v) is 2.63. The molecule has 6 heteroatoms. The molecule has 0 aliphatic carbocycles. The van der Waals surface area contributed by atoms with Gasteiger partial charge in [0.25, 0.3) is 5.56 Å². The first kappa shape index (κ1) is 15.8. The normalized spacial score (nSPS) is 11.4. The molecule has 1 heterocycles. The highest BCUT2D eigenvalue weighted by Crippen LogP contribution is 2.33. The van der Waals surface area contributed by atoms with E-state index in [0.717, 1.165) is 11.6 Å². The summed E-state index contributed by atoms with van der Waals surface area (Å²) >= 11 is 0. The molecule has 2 aromatic carbocycles. The van der Waals surface area contributed by atoms with Crippen LogP contribution in [-0.2, 0) is 12.7 Å². The average Bonchev–Trinajstić information content (AvgIpc) is 2.56. The van der Waals surface area contributed by atoms with Crippen LogP contribution in [0.4, 0.5) is 13.2 Å². The molecule has 3 rings (SSSR count). The molecule has 0 bridgehead atoms. The molecule has 0 aliphatic rings. The number of halogens is 3. The second kappa shape index (κ2) is 5.85. The van der Waals surface area contributed by atoms with Gasteiger partial charge in [0, 0.05) is 17.0 Å². The van der Waals surface area contributed by atoms with Crippen molar-refractivity contribution in [2.45, 2.75) is 12.7 Å². The molecule has 0 spiro atoms. The van der Waals surface area contributed by atoms with Crippen molar-refractivity contribution in [3.8, 4) is 6.07 Å². The minimum Gasteiger partial charge on any atom is -0.311 e. The maximum Gasteiger partial charge on any atom is 0.417 e. The second-order valence-corrected chi connectivity index (χ2v) is 5.33. The van der Waals surface area contributed by atoms with Crippen molar-refractivity contribution in [2.75, 3.05) is 0 Å². The Kier molecular flexibility index (Phi) is 3.86. The molecule has 3 nitrogen and oxygen atoms in total. The molecule has 1 aromatic heterocycles. The van der Waals surface area contributed by atoms with Crippen LogP contribution in [0.25, 0.3) is 10.8 Å². The van der Waals surface area contributed by atoms with Crippen LogP contribution in [0.2, 0.25) is 0 Å². The first-order valence-electron chi connectivity index (χ1n) is 7.08. The Morgan fingerprint density at radius 2 is 1.79 bits per heavy atom. The minimum absolute atomic E-state index is 0.0174. The average molecular weight is 328 g/mol. The van der Waals surface area contributed by atoms with Gasteiger partial charge in [-0.05, 0) is 35.9 Å². The van der Waals surface area contributed by atoms with Gasteiger partial charge in [-0.3, -0.25) is 4.79 Å². The predicted molar refractivity (Wildman–Crippen MR) is 83.5 cm³/mol. The van der Waals surface area contributed by atoms with E-state index in [1.165, 1.54) is 29.0 Å². The van der Waals surface area contributed by atoms with E-state index in [1.807, 2.05) is 6.07 Å². The summed E-state index contributed by atoms with van der Waals surface area (Å²) in [7, 11) is 0. The monoisotopic (exact) mass is 328 g/mol. The largest absolute Gasteiger partial charge is 0.417 e. The van der Waals surface area contributed by atoms with Crippen LogP contribution in [0.5, 0.6) is 0 Å². The van der Waals surface area contributed by atoms with Crippen LogP contribution in [0, 0.1) is 11.3 Å². The number of alkyl halides is 3. The number of nitrogens with zero attached hydrogens (tertiary/aromatic N) is 2. The molecular formula is C18H11F3N2O. The number of aromatic nitrogens is 1. The maximum absolute atomic E-state index is 13.0. The lowest BCUT2D eigenvalue weighted by Gasteiger charge is -2.12. The van der Waals surface area contributed by atoms with E-state index in [9.17, 15) is 18.0 Å². The van der Waals surface area contributed by atoms with Gasteiger partial charge in [-0.2, -0.15) is 18.4 Å². The molecule has 0 saturated carbocycles. The summed E-state index contributed by atoms with van der Waals surface area (Å²) < 4.78 is 40.5. The zero-order valence-corrected chi connectivity index (χ0v) is 12.3. The number of hydrogen-bond acceptors (Lipinski definition) is 2. The first-order valence-corrected chi connectivity index (χ1v) is 7.08. The summed E-state index contributed by atoms with van der Waals surface area (Å²) in [6, 6.07) is 13.6. The number of fused-ring (bicyclic) bond motifs is 1. The van der Waals surface area contributed by atoms with Gasteiger partial charge in [0.2, 0.25) is 0 Å². The van der Waals surface area contributed by atoms with E-state index in [1.54, 1.807) is 24.3 Å². The minimum atomic E-state index is -4.51. The van der Waals surface area contributed by atoms with E-state index in [2.05, 4.69) is 0 Å². The molecule has 0 aliphatic heterocycles. The fourth-order valence-electron chi connectivity index (χ4n) is 2.63. The maximum atomic E-state index is 13.0. The number of rotatable bonds is 2. The lowest BCUT2D eigenvalue weighted by molar-refractivity contribution is -0.136. The van der Waals surface area contributed by atoms with E-state index in [4.69, 9.17) is 5.26 Å². The van der Waals surface area contributed by atoms with E-state index >= 15 is 0 Å². The van der Waals surface area contributed by atoms with Crippen LogP contribution in [0.1, 0.15) is 16.7 Å². The van der Waals surface area contributed by atoms with Crippen molar-refractivity contribution in [1.29, 1.82) is 5.26 Å². The van der Waals surface area contributed by atoms with Gasteiger partial charge in [0.15, 0.2) is 0 Å². The van der Waals surface area contributed by atoms with Gasteiger partial charge >= 0.3 is 6.18 Å². The van der Waals surface area contributed by atoms with Crippen molar-refractivity contribution >= 4 is 10.8 Å². The van der Waals surface area contributed by atoms with Gasteiger partial charge in [0.05, 0.1) is 23.7 Å². The Balaban J connectivity index is 2.10. The number of benzene rings is 2. The van der Waals surface area contributed by atoms with Gasteiger partial charge in [-0.1, -0.05) is 18.2 Å². The number of pyridine rings is 1. The molecule has 3 aromatic rings.